The first kappa shape index (κ1) is 35.6. The first-order valence-electron chi connectivity index (χ1n) is 20.5. The van der Waals surface area contributed by atoms with E-state index in [0.717, 1.165) is 17.1 Å². The molecule has 282 valence electrons. The van der Waals surface area contributed by atoms with Crippen molar-refractivity contribution in [2.75, 3.05) is 4.90 Å². The third kappa shape index (κ3) is 6.73. The third-order valence-corrected chi connectivity index (χ3v) is 12.8. The van der Waals surface area contributed by atoms with E-state index >= 15 is 0 Å². The van der Waals surface area contributed by atoms with Crippen molar-refractivity contribution < 1.29 is 0 Å². The molecule has 0 aliphatic carbocycles. The minimum absolute atomic E-state index is 1.10. The zero-order chi connectivity index (χ0) is 39.8. The van der Waals surface area contributed by atoms with Gasteiger partial charge in [-0.3, -0.25) is 0 Å². The smallest absolute Gasteiger partial charge is 0.0540 e. The molecule has 1 aromatic heterocycles. The highest BCUT2D eigenvalue weighted by Crippen LogP contribution is 2.43. The number of hydrogen-bond donors (Lipinski definition) is 0. The van der Waals surface area contributed by atoms with Crippen molar-refractivity contribution >= 4 is 59.3 Å². The minimum atomic E-state index is 1.10. The lowest BCUT2D eigenvalue weighted by atomic mass is 9.96. The van der Waals surface area contributed by atoms with Crippen molar-refractivity contribution in [3.8, 4) is 55.6 Å². The summed E-state index contributed by atoms with van der Waals surface area (Å²) in [4.78, 5) is 2.39. The van der Waals surface area contributed by atoms with Gasteiger partial charge in [0.1, 0.15) is 0 Å². The lowest BCUT2D eigenvalue weighted by Crippen LogP contribution is -2.11. The van der Waals surface area contributed by atoms with Gasteiger partial charge in [-0.05, 0) is 115 Å². The van der Waals surface area contributed by atoms with Gasteiger partial charge in [-0.25, -0.2) is 0 Å². The molecule has 0 saturated carbocycles. The van der Waals surface area contributed by atoms with E-state index in [1.54, 1.807) is 0 Å². The molecule has 0 radical (unpaired) electrons. The number of para-hydroxylation sites is 1. The van der Waals surface area contributed by atoms with Crippen LogP contribution < -0.4 is 4.90 Å². The molecule has 0 unspecified atom stereocenters. The van der Waals surface area contributed by atoms with Crippen molar-refractivity contribution in [1.29, 1.82) is 0 Å². The summed E-state index contributed by atoms with van der Waals surface area (Å²) in [6.07, 6.45) is 0. The predicted molar refractivity (Wildman–Crippen MR) is 259 cm³/mol. The molecule has 11 aromatic rings. The summed E-state index contributed by atoms with van der Waals surface area (Å²) in [7, 11) is 0. The van der Waals surface area contributed by atoms with E-state index in [1.807, 2.05) is 11.3 Å². The molecular weight excluding hydrogens is 743 g/mol. The first-order valence-corrected chi connectivity index (χ1v) is 21.3. The average Bonchev–Trinajstić information content (AvgIpc) is 3.71. The molecule has 0 bridgehead atoms. The second-order valence-electron chi connectivity index (χ2n) is 15.3. The summed E-state index contributed by atoms with van der Waals surface area (Å²) >= 11 is 1.86. The maximum absolute atomic E-state index is 2.39. The Bertz CT molecular complexity index is 3290. The Labute approximate surface area is 354 Å². The molecule has 10 aromatic carbocycles. The average molecular weight is 782 g/mol. The quantitative estimate of drug-likeness (QED) is 0.148. The second kappa shape index (κ2) is 15.3. The van der Waals surface area contributed by atoms with Crippen LogP contribution in [0.3, 0.4) is 0 Å². The molecule has 11 rings (SSSR count). The lowest BCUT2D eigenvalue weighted by Gasteiger charge is -2.28. The standard InChI is InChI=1S/C58H39NS/c1-2-12-45(13-3-1)53-17-6-8-19-56(53)59(52-34-29-44(30-35-52)50-31-36-55-54-18-7-9-20-57(54)60-58(55)39-50)51-32-27-42(28-33-51)41-21-23-43(24-22-41)47-15-10-16-48(37-47)49-26-25-40-11-4-5-14-46(40)38-49/h1-39H. The summed E-state index contributed by atoms with van der Waals surface area (Å²) in [5.74, 6) is 0. The van der Waals surface area contributed by atoms with Crippen LogP contribution in [-0.4, -0.2) is 0 Å². The normalized spacial score (nSPS) is 11.3. The number of benzene rings is 10. The zero-order valence-corrected chi connectivity index (χ0v) is 33.7. The molecule has 2 heteroatoms. The molecule has 0 amide bonds. The number of nitrogens with zero attached hydrogens (tertiary/aromatic N) is 1. The van der Waals surface area contributed by atoms with Gasteiger partial charge in [-0.15, -0.1) is 11.3 Å². The van der Waals surface area contributed by atoms with Crippen LogP contribution in [0, 0.1) is 0 Å². The van der Waals surface area contributed by atoms with Crippen molar-refractivity contribution in [2.45, 2.75) is 0 Å². The van der Waals surface area contributed by atoms with Crippen LogP contribution >= 0.6 is 11.3 Å². The maximum atomic E-state index is 2.39. The third-order valence-electron chi connectivity index (χ3n) is 11.7. The SMILES string of the molecule is c1ccc(-c2ccccc2N(c2ccc(-c3ccc(-c4cccc(-c5ccc6ccccc6c5)c4)cc3)cc2)c2ccc(-c3ccc4c(c3)sc3ccccc34)cc2)cc1. The number of fused-ring (bicyclic) bond motifs is 4. The first-order chi connectivity index (χ1) is 29.7. The van der Waals surface area contributed by atoms with Crippen molar-refractivity contribution in [3.05, 3.63) is 237 Å². The highest BCUT2D eigenvalue weighted by molar-refractivity contribution is 7.25. The molecule has 0 fully saturated rings. The van der Waals surface area contributed by atoms with E-state index in [0.29, 0.717) is 0 Å². The van der Waals surface area contributed by atoms with E-state index < -0.39 is 0 Å². The van der Waals surface area contributed by atoms with Crippen molar-refractivity contribution in [1.82, 2.24) is 0 Å². The van der Waals surface area contributed by atoms with Crippen LogP contribution in [0.25, 0.3) is 86.6 Å². The number of anilines is 3. The van der Waals surface area contributed by atoms with Gasteiger partial charge in [0, 0.05) is 37.1 Å². The molecule has 0 atom stereocenters. The lowest BCUT2D eigenvalue weighted by molar-refractivity contribution is 1.28. The second-order valence-corrected chi connectivity index (χ2v) is 16.4. The van der Waals surface area contributed by atoms with Gasteiger partial charge in [0.15, 0.2) is 0 Å². The molecule has 0 spiro atoms. The van der Waals surface area contributed by atoms with E-state index in [-0.39, 0.29) is 0 Å². The summed E-state index contributed by atoms with van der Waals surface area (Å²) in [6.45, 7) is 0. The predicted octanol–water partition coefficient (Wildman–Crippen LogP) is 17.0. The van der Waals surface area contributed by atoms with Crippen molar-refractivity contribution in [3.63, 3.8) is 0 Å². The monoisotopic (exact) mass is 781 g/mol. The Hall–Kier alpha value is -7.52. The maximum Gasteiger partial charge on any atom is 0.0540 e. The fourth-order valence-electron chi connectivity index (χ4n) is 8.57. The Morgan fingerprint density at radius 3 is 1.48 bits per heavy atom. The van der Waals surface area contributed by atoms with Crippen LogP contribution in [0.15, 0.2) is 237 Å². The molecule has 0 aliphatic rings. The van der Waals surface area contributed by atoms with Gasteiger partial charge < -0.3 is 4.90 Å². The van der Waals surface area contributed by atoms with E-state index in [4.69, 9.17) is 0 Å². The Kier molecular flexibility index (Phi) is 9.11. The molecular formula is C58H39NS. The van der Waals surface area contributed by atoms with Gasteiger partial charge in [0.25, 0.3) is 0 Å². The molecule has 0 N–H and O–H groups in total. The fraction of sp³-hybridized carbons (Fsp3) is 0. The Balaban J connectivity index is 0.911. The van der Waals surface area contributed by atoms with Crippen LogP contribution in [-0.2, 0) is 0 Å². The fourth-order valence-corrected chi connectivity index (χ4v) is 9.72. The van der Waals surface area contributed by atoms with Gasteiger partial charge in [-0.1, -0.05) is 182 Å². The molecule has 1 nitrogen and oxygen atoms in total. The topological polar surface area (TPSA) is 3.24 Å². The van der Waals surface area contributed by atoms with E-state index in [1.165, 1.54) is 86.6 Å². The van der Waals surface area contributed by atoms with Crippen LogP contribution in [0.1, 0.15) is 0 Å². The molecule has 1 heterocycles. The minimum Gasteiger partial charge on any atom is -0.310 e. The number of rotatable bonds is 8. The molecule has 60 heavy (non-hydrogen) atoms. The van der Waals surface area contributed by atoms with Gasteiger partial charge in [0.05, 0.1) is 5.69 Å². The summed E-state index contributed by atoms with van der Waals surface area (Å²) in [5.41, 5.74) is 15.4. The van der Waals surface area contributed by atoms with Crippen LogP contribution in [0.5, 0.6) is 0 Å². The van der Waals surface area contributed by atoms with E-state index in [2.05, 4.69) is 241 Å². The number of thiophene rings is 1. The summed E-state index contributed by atoms with van der Waals surface area (Å²) in [5, 5.41) is 5.17. The number of hydrogen-bond acceptors (Lipinski definition) is 2. The van der Waals surface area contributed by atoms with Crippen molar-refractivity contribution in [2.24, 2.45) is 0 Å². The Morgan fingerprint density at radius 1 is 0.267 bits per heavy atom. The van der Waals surface area contributed by atoms with Gasteiger partial charge >= 0.3 is 0 Å². The highest BCUT2D eigenvalue weighted by Gasteiger charge is 2.18. The summed E-state index contributed by atoms with van der Waals surface area (Å²) < 4.78 is 2.65. The largest absolute Gasteiger partial charge is 0.310 e. The Morgan fingerprint density at radius 2 is 0.750 bits per heavy atom. The highest BCUT2D eigenvalue weighted by atomic mass is 32.1. The molecule has 0 aliphatic heterocycles. The zero-order valence-electron chi connectivity index (χ0n) is 32.9. The van der Waals surface area contributed by atoms with Gasteiger partial charge in [0.2, 0.25) is 0 Å². The summed E-state index contributed by atoms with van der Waals surface area (Å²) in [6, 6.07) is 86.1. The van der Waals surface area contributed by atoms with Gasteiger partial charge in [-0.2, -0.15) is 0 Å². The molecule has 0 saturated heterocycles. The van der Waals surface area contributed by atoms with E-state index in [9.17, 15) is 0 Å². The van der Waals surface area contributed by atoms with Crippen LogP contribution in [0.4, 0.5) is 17.1 Å². The van der Waals surface area contributed by atoms with Crippen LogP contribution in [0.2, 0.25) is 0 Å².